The molecule has 8 heteroatoms. The monoisotopic (exact) mass is 538 g/mol. The van der Waals surface area contributed by atoms with Crippen molar-refractivity contribution in [3.8, 4) is 11.5 Å². The van der Waals surface area contributed by atoms with Gasteiger partial charge in [-0.1, -0.05) is 36.9 Å². The van der Waals surface area contributed by atoms with Crippen LogP contribution in [0.5, 0.6) is 11.5 Å². The van der Waals surface area contributed by atoms with Crippen LogP contribution in [0, 0.1) is 0 Å². The number of phenols is 1. The minimum atomic E-state index is -0.206. The lowest BCUT2D eigenvalue weighted by Gasteiger charge is -2.13. The van der Waals surface area contributed by atoms with Crippen LogP contribution in [0.15, 0.2) is 66.2 Å². The van der Waals surface area contributed by atoms with E-state index < -0.39 is 0 Å². The Hall–Kier alpha value is -2.75. The van der Waals surface area contributed by atoms with Gasteiger partial charge in [0, 0.05) is 30.8 Å². The normalized spacial score (nSPS) is 10.5. The highest BCUT2D eigenvalue weighted by Crippen LogP contribution is 2.18. The molecule has 0 saturated heterocycles. The van der Waals surface area contributed by atoms with Gasteiger partial charge in [0.1, 0.15) is 18.1 Å². The summed E-state index contributed by atoms with van der Waals surface area (Å²) < 4.78 is 5.67. The molecule has 0 aliphatic heterocycles. The number of nitrogens with zero attached hydrogens (tertiary/aromatic N) is 1. The van der Waals surface area contributed by atoms with E-state index in [2.05, 4.69) is 27.5 Å². The van der Waals surface area contributed by atoms with Gasteiger partial charge in [-0.3, -0.25) is 4.79 Å². The molecular formula is C23H31IN4O3. The zero-order chi connectivity index (χ0) is 21.6. The van der Waals surface area contributed by atoms with Gasteiger partial charge in [0.25, 0.3) is 5.91 Å². The minimum Gasteiger partial charge on any atom is -0.508 e. The number of hydrogen-bond donors (Lipinski definition) is 4. The molecule has 2 aromatic carbocycles. The van der Waals surface area contributed by atoms with Gasteiger partial charge in [0.2, 0.25) is 0 Å². The molecule has 0 saturated carbocycles. The molecule has 2 aromatic rings. The summed E-state index contributed by atoms with van der Waals surface area (Å²) in [7, 11) is 0. The minimum absolute atomic E-state index is 0. The lowest BCUT2D eigenvalue weighted by Crippen LogP contribution is -2.38. The Balaban J connectivity index is 0.00000480. The number of phenolic OH excluding ortho intramolecular Hbond substituents is 1. The summed E-state index contributed by atoms with van der Waals surface area (Å²) in [6, 6.07) is 14.1. The number of aromatic hydroxyl groups is 1. The van der Waals surface area contributed by atoms with Crippen molar-refractivity contribution in [2.75, 3.05) is 26.2 Å². The number of para-hydroxylation sites is 1. The first-order chi connectivity index (χ1) is 14.6. The summed E-state index contributed by atoms with van der Waals surface area (Å²) in [6.45, 7) is 8.53. The molecule has 0 spiro atoms. The number of benzene rings is 2. The largest absolute Gasteiger partial charge is 0.508 e. The molecule has 0 aromatic heterocycles. The number of carbonyl (C=O) groups is 1. The van der Waals surface area contributed by atoms with E-state index in [1.165, 1.54) is 12.1 Å². The number of hydrogen-bond acceptors (Lipinski definition) is 4. The fourth-order valence-corrected chi connectivity index (χ4v) is 2.68. The molecule has 0 atom stereocenters. The molecule has 31 heavy (non-hydrogen) atoms. The van der Waals surface area contributed by atoms with Crippen molar-refractivity contribution in [2.45, 2.75) is 19.9 Å². The Morgan fingerprint density at radius 1 is 1.13 bits per heavy atom. The number of carbonyl (C=O) groups excluding carboxylic acids is 1. The van der Waals surface area contributed by atoms with E-state index in [1.54, 1.807) is 18.2 Å². The Morgan fingerprint density at radius 3 is 2.65 bits per heavy atom. The predicted octanol–water partition coefficient (Wildman–Crippen LogP) is 3.45. The molecule has 0 fully saturated rings. The molecule has 0 heterocycles. The summed E-state index contributed by atoms with van der Waals surface area (Å²) in [6.07, 6.45) is 2.44. The number of amides is 1. The molecule has 7 nitrogen and oxygen atoms in total. The number of ether oxygens (including phenoxy) is 1. The van der Waals surface area contributed by atoms with Crippen LogP contribution in [0.4, 0.5) is 0 Å². The van der Waals surface area contributed by atoms with E-state index in [0.717, 1.165) is 24.3 Å². The van der Waals surface area contributed by atoms with Crippen LogP contribution in [-0.4, -0.2) is 43.2 Å². The van der Waals surface area contributed by atoms with Gasteiger partial charge < -0.3 is 25.8 Å². The van der Waals surface area contributed by atoms with E-state index in [9.17, 15) is 9.90 Å². The highest BCUT2D eigenvalue weighted by atomic mass is 127. The third-order valence-corrected chi connectivity index (χ3v) is 4.12. The van der Waals surface area contributed by atoms with E-state index in [4.69, 9.17) is 4.74 Å². The molecule has 168 valence electrons. The first-order valence-corrected chi connectivity index (χ1v) is 10.0. The van der Waals surface area contributed by atoms with Crippen molar-refractivity contribution in [1.29, 1.82) is 0 Å². The smallest absolute Gasteiger partial charge is 0.251 e. The maximum atomic E-state index is 12.1. The SMILES string of the molecule is C=CCOc1ccccc1CN=C(NCC)NCCCNC(=O)c1cccc(O)c1.I. The summed E-state index contributed by atoms with van der Waals surface area (Å²) in [5, 5.41) is 18.8. The van der Waals surface area contributed by atoms with Gasteiger partial charge in [-0.05, 0) is 37.6 Å². The Morgan fingerprint density at radius 2 is 1.90 bits per heavy atom. The number of guanidine groups is 1. The molecule has 0 radical (unpaired) electrons. The molecule has 0 aliphatic carbocycles. The quantitative estimate of drug-likeness (QED) is 0.116. The average Bonchev–Trinajstić information content (AvgIpc) is 2.76. The summed E-state index contributed by atoms with van der Waals surface area (Å²) in [5.74, 6) is 1.37. The summed E-state index contributed by atoms with van der Waals surface area (Å²) in [4.78, 5) is 16.7. The Kier molecular flexibility index (Phi) is 12.8. The number of rotatable bonds is 11. The molecule has 2 rings (SSSR count). The molecule has 0 unspecified atom stereocenters. The Bertz CT molecular complexity index is 858. The van der Waals surface area contributed by atoms with Crippen LogP contribution in [0.25, 0.3) is 0 Å². The van der Waals surface area contributed by atoms with Gasteiger partial charge in [0.15, 0.2) is 5.96 Å². The maximum Gasteiger partial charge on any atom is 0.251 e. The van der Waals surface area contributed by atoms with Gasteiger partial charge in [-0.15, -0.1) is 24.0 Å². The highest BCUT2D eigenvalue weighted by molar-refractivity contribution is 14.0. The van der Waals surface area contributed by atoms with E-state index in [1.807, 2.05) is 31.2 Å². The topological polar surface area (TPSA) is 95.0 Å². The van der Waals surface area contributed by atoms with Crippen molar-refractivity contribution >= 4 is 35.8 Å². The highest BCUT2D eigenvalue weighted by Gasteiger charge is 2.06. The zero-order valence-corrected chi connectivity index (χ0v) is 20.1. The number of aliphatic imine (C=N–C) groups is 1. The van der Waals surface area contributed by atoms with Gasteiger partial charge in [0.05, 0.1) is 6.54 Å². The second kappa shape index (κ2) is 15.1. The van der Waals surface area contributed by atoms with E-state index >= 15 is 0 Å². The second-order valence-electron chi connectivity index (χ2n) is 6.49. The van der Waals surface area contributed by atoms with Crippen LogP contribution < -0.4 is 20.7 Å². The predicted molar refractivity (Wildman–Crippen MR) is 135 cm³/mol. The van der Waals surface area contributed by atoms with Crippen LogP contribution >= 0.6 is 24.0 Å². The number of halogens is 1. The van der Waals surface area contributed by atoms with Crippen LogP contribution in [0.2, 0.25) is 0 Å². The summed E-state index contributed by atoms with van der Waals surface area (Å²) in [5.41, 5.74) is 1.44. The first-order valence-electron chi connectivity index (χ1n) is 10.0. The van der Waals surface area contributed by atoms with Gasteiger partial charge >= 0.3 is 0 Å². The first kappa shape index (κ1) is 26.3. The Labute approximate surface area is 201 Å². The third-order valence-electron chi connectivity index (χ3n) is 4.12. The van der Waals surface area contributed by atoms with Crippen molar-refractivity contribution in [2.24, 2.45) is 4.99 Å². The van der Waals surface area contributed by atoms with Crippen molar-refractivity contribution in [3.05, 3.63) is 72.3 Å². The molecule has 4 N–H and O–H groups in total. The van der Waals surface area contributed by atoms with Crippen LogP contribution in [-0.2, 0) is 6.54 Å². The lowest BCUT2D eigenvalue weighted by molar-refractivity contribution is 0.0953. The maximum absolute atomic E-state index is 12.1. The summed E-state index contributed by atoms with van der Waals surface area (Å²) >= 11 is 0. The van der Waals surface area contributed by atoms with Gasteiger partial charge in [-0.25, -0.2) is 4.99 Å². The second-order valence-corrected chi connectivity index (χ2v) is 6.49. The lowest BCUT2D eigenvalue weighted by atomic mass is 10.2. The average molecular weight is 538 g/mol. The molecule has 1 amide bonds. The van der Waals surface area contributed by atoms with Crippen LogP contribution in [0.3, 0.4) is 0 Å². The fourth-order valence-electron chi connectivity index (χ4n) is 2.68. The molecule has 0 aliphatic rings. The van der Waals surface area contributed by atoms with Crippen molar-refractivity contribution in [1.82, 2.24) is 16.0 Å². The van der Waals surface area contributed by atoms with E-state index in [-0.39, 0.29) is 35.6 Å². The molecule has 0 bridgehead atoms. The third kappa shape index (κ3) is 9.73. The van der Waals surface area contributed by atoms with Crippen molar-refractivity contribution < 1.29 is 14.6 Å². The van der Waals surface area contributed by atoms with Gasteiger partial charge in [-0.2, -0.15) is 0 Å². The van der Waals surface area contributed by atoms with Crippen LogP contribution in [0.1, 0.15) is 29.3 Å². The van der Waals surface area contributed by atoms with Crippen molar-refractivity contribution in [3.63, 3.8) is 0 Å². The standard InChI is InChI=1S/C23H30N4O3.HI/c1-3-15-30-21-12-6-5-9-19(21)17-27-23(24-4-2)26-14-8-13-25-22(29)18-10-7-11-20(28)16-18;/h3,5-7,9-12,16,28H,1,4,8,13-15,17H2,2H3,(H,25,29)(H2,24,26,27);1H. The fraction of sp³-hybridized carbons (Fsp3) is 0.304. The number of nitrogens with one attached hydrogen (secondary N) is 3. The zero-order valence-electron chi connectivity index (χ0n) is 17.8. The van der Waals surface area contributed by atoms with E-state index in [0.29, 0.717) is 37.8 Å². The molecular weight excluding hydrogens is 507 g/mol.